The standard InChI is InChI=1S/C9H16N4S/c1-2-8(3-5-10-4-1)11-6-9-7-12-13-14-9/h7-8,10-11H,1-6H2. The average Bonchev–Trinajstić information content (AvgIpc) is 2.58. The first kappa shape index (κ1) is 10.0. The molecule has 1 aromatic rings. The number of nitrogens with zero attached hydrogens (tertiary/aromatic N) is 2. The molecule has 1 aromatic heterocycles. The number of nitrogens with one attached hydrogen (secondary N) is 2. The van der Waals surface area contributed by atoms with Crippen molar-refractivity contribution >= 4 is 11.5 Å². The molecule has 1 aliphatic heterocycles. The molecule has 1 aliphatic rings. The summed E-state index contributed by atoms with van der Waals surface area (Å²) in [4.78, 5) is 1.22. The zero-order valence-corrected chi connectivity index (χ0v) is 9.02. The molecule has 5 heteroatoms. The molecule has 0 radical (unpaired) electrons. The van der Waals surface area contributed by atoms with Crippen molar-refractivity contribution < 1.29 is 0 Å². The molecule has 0 amide bonds. The molecule has 78 valence electrons. The van der Waals surface area contributed by atoms with Crippen LogP contribution in [0.4, 0.5) is 0 Å². The van der Waals surface area contributed by atoms with Crippen LogP contribution in [-0.2, 0) is 6.54 Å². The second-order valence-electron chi connectivity index (χ2n) is 3.64. The van der Waals surface area contributed by atoms with Crippen LogP contribution in [0.25, 0.3) is 0 Å². The highest BCUT2D eigenvalue weighted by Crippen LogP contribution is 2.07. The van der Waals surface area contributed by atoms with E-state index in [0.717, 1.165) is 13.1 Å². The Hall–Kier alpha value is -0.520. The fourth-order valence-corrected chi connectivity index (χ4v) is 2.17. The highest BCUT2D eigenvalue weighted by molar-refractivity contribution is 7.05. The van der Waals surface area contributed by atoms with Crippen LogP contribution in [0.2, 0.25) is 0 Å². The molecule has 14 heavy (non-hydrogen) atoms. The summed E-state index contributed by atoms with van der Waals surface area (Å²) >= 11 is 1.48. The Balaban J connectivity index is 1.73. The Morgan fingerprint density at radius 2 is 2.50 bits per heavy atom. The minimum atomic E-state index is 0.659. The summed E-state index contributed by atoms with van der Waals surface area (Å²) in [5.41, 5.74) is 0. The molecule has 0 aliphatic carbocycles. The summed E-state index contributed by atoms with van der Waals surface area (Å²) in [6.07, 6.45) is 5.62. The second-order valence-corrected chi connectivity index (χ2v) is 4.51. The molecule has 0 aromatic carbocycles. The van der Waals surface area contributed by atoms with E-state index in [1.165, 1.54) is 42.2 Å². The van der Waals surface area contributed by atoms with Gasteiger partial charge in [0.05, 0.1) is 11.1 Å². The fourth-order valence-electron chi connectivity index (χ4n) is 1.73. The van der Waals surface area contributed by atoms with Gasteiger partial charge in [0.1, 0.15) is 0 Å². The molecule has 0 bridgehead atoms. The Morgan fingerprint density at radius 3 is 3.36 bits per heavy atom. The van der Waals surface area contributed by atoms with Crippen LogP contribution in [0, 0.1) is 0 Å². The van der Waals surface area contributed by atoms with E-state index < -0.39 is 0 Å². The molecule has 2 rings (SSSR count). The summed E-state index contributed by atoms with van der Waals surface area (Å²) in [5.74, 6) is 0. The van der Waals surface area contributed by atoms with Crippen molar-refractivity contribution in [3.63, 3.8) is 0 Å². The third-order valence-corrected chi connectivity index (χ3v) is 3.21. The monoisotopic (exact) mass is 212 g/mol. The fraction of sp³-hybridized carbons (Fsp3) is 0.778. The van der Waals surface area contributed by atoms with Crippen molar-refractivity contribution in [3.8, 4) is 0 Å². The Morgan fingerprint density at radius 1 is 1.50 bits per heavy atom. The highest BCUT2D eigenvalue weighted by Gasteiger charge is 2.10. The van der Waals surface area contributed by atoms with E-state index in [1.807, 2.05) is 6.20 Å². The maximum Gasteiger partial charge on any atom is 0.0666 e. The zero-order chi connectivity index (χ0) is 9.64. The van der Waals surface area contributed by atoms with Gasteiger partial charge in [-0.2, -0.15) is 0 Å². The maximum atomic E-state index is 3.84. The minimum Gasteiger partial charge on any atom is -0.317 e. The van der Waals surface area contributed by atoms with Gasteiger partial charge in [-0.25, -0.2) is 0 Å². The quantitative estimate of drug-likeness (QED) is 0.777. The van der Waals surface area contributed by atoms with Gasteiger partial charge in [-0.1, -0.05) is 4.49 Å². The third kappa shape index (κ3) is 3.01. The molecule has 2 N–H and O–H groups in total. The van der Waals surface area contributed by atoms with Gasteiger partial charge in [0.25, 0.3) is 0 Å². The van der Waals surface area contributed by atoms with E-state index in [9.17, 15) is 0 Å². The lowest BCUT2D eigenvalue weighted by Gasteiger charge is -2.14. The van der Waals surface area contributed by atoms with E-state index >= 15 is 0 Å². The van der Waals surface area contributed by atoms with Gasteiger partial charge >= 0.3 is 0 Å². The summed E-state index contributed by atoms with van der Waals surface area (Å²) in [5, 5.41) is 10.8. The average molecular weight is 212 g/mol. The molecule has 1 atom stereocenters. The van der Waals surface area contributed by atoms with E-state index in [-0.39, 0.29) is 0 Å². The molecule has 0 spiro atoms. The zero-order valence-electron chi connectivity index (χ0n) is 8.20. The first-order valence-electron chi connectivity index (χ1n) is 5.15. The van der Waals surface area contributed by atoms with Crippen LogP contribution in [0.3, 0.4) is 0 Å². The third-order valence-electron chi connectivity index (χ3n) is 2.55. The van der Waals surface area contributed by atoms with Gasteiger partial charge in [-0.15, -0.1) is 5.10 Å². The maximum absolute atomic E-state index is 3.84. The van der Waals surface area contributed by atoms with Crippen LogP contribution in [0.1, 0.15) is 24.1 Å². The van der Waals surface area contributed by atoms with Crippen LogP contribution in [0.5, 0.6) is 0 Å². The van der Waals surface area contributed by atoms with Crippen molar-refractivity contribution in [2.24, 2.45) is 0 Å². The molecular formula is C9H16N4S. The largest absolute Gasteiger partial charge is 0.317 e. The first-order valence-corrected chi connectivity index (χ1v) is 5.93. The van der Waals surface area contributed by atoms with E-state index in [4.69, 9.17) is 0 Å². The predicted octanol–water partition coefficient (Wildman–Crippen LogP) is 0.770. The number of hydrogen-bond donors (Lipinski definition) is 2. The van der Waals surface area contributed by atoms with Gasteiger partial charge in [0, 0.05) is 12.6 Å². The molecule has 2 heterocycles. The van der Waals surface area contributed by atoms with Gasteiger partial charge in [0.15, 0.2) is 0 Å². The molecule has 1 fully saturated rings. The lowest BCUT2D eigenvalue weighted by molar-refractivity contribution is 0.470. The summed E-state index contributed by atoms with van der Waals surface area (Å²) in [6.45, 7) is 3.22. The summed E-state index contributed by atoms with van der Waals surface area (Å²) < 4.78 is 3.84. The van der Waals surface area contributed by atoms with Crippen molar-refractivity contribution in [1.82, 2.24) is 20.2 Å². The van der Waals surface area contributed by atoms with Crippen molar-refractivity contribution in [2.75, 3.05) is 13.1 Å². The van der Waals surface area contributed by atoms with E-state index in [0.29, 0.717) is 6.04 Å². The molecule has 1 saturated heterocycles. The van der Waals surface area contributed by atoms with Crippen LogP contribution >= 0.6 is 11.5 Å². The normalized spacial score (nSPS) is 23.3. The van der Waals surface area contributed by atoms with Crippen LogP contribution in [-0.4, -0.2) is 28.7 Å². The first-order chi connectivity index (χ1) is 6.95. The molecule has 0 saturated carbocycles. The van der Waals surface area contributed by atoms with E-state index in [1.54, 1.807) is 0 Å². The van der Waals surface area contributed by atoms with Crippen molar-refractivity contribution in [1.29, 1.82) is 0 Å². The predicted molar refractivity (Wildman–Crippen MR) is 57.3 cm³/mol. The Labute approximate surface area is 88.3 Å². The Bertz CT molecular complexity index is 241. The van der Waals surface area contributed by atoms with Gasteiger partial charge in [-0.05, 0) is 43.9 Å². The van der Waals surface area contributed by atoms with Gasteiger partial charge in [0.2, 0.25) is 0 Å². The minimum absolute atomic E-state index is 0.659. The molecule has 4 nitrogen and oxygen atoms in total. The van der Waals surface area contributed by atoms with Crippen molar-refractivity contribution in [2.45, 2.75) is 31.8 Å². The van der Waals surface area contributed by atoms with Crippen LogP contribution < -0.4 is 10.6 Å². The SMILES string of the molecule is c1nnsc1CNC1CCCNCC1. The molecular weight excluding hydrogens is 196 g/mol. The van der Waals surface area contributed by atoms with Gasteiger partial charge < -0.3 is 10.6 Å². The number of hydrogen-bond acceptors (Lipinski definition) is 5. The topological polar surface area (TPSA) is 49.8 Å². The van der Waals surface area contributed by atoms with Gasteiger partial charge in [-0.3, -0.25) is 0 Å². The number of rotatable bonds is 3. The Kier molecular flexibility index (Phi) is 3.85. The lowest BCUT2D eigenvalue weighted by atomic mass is 10.1. The number of aromatic nitrogens is 2. The summed E-state index contributed by atoms with van der Waals surface area (Å²) in [6, 6.07) is 0.659. The van der Waals surface area contributed by atoms with Crippen molar-refractivity contribution in [3.05, 3.63) is 11.1 Å². The second kappa shape index (κ2) is 5.38. The van der Waals surface area contributed by atoms with E-state index in [2.05, 4.69) is 20.2 Å². The summed E-state index contributed by atoms with van der Waals surface area (Å²) in [7, 11) is 0. The van der Waals surface area contributed by atoms with Crippen LogP contribution in [0.15, 0.2) is 6.20 Å². The lowest BCUT2D eigenvalue weighted by Crippen LogP contribution is -2.29. The molecule has 1 unspecified atom stereocenters. The smallest absolute Gasteiger partial charge is 0.0666 e. The highest BCUT2D eigenvalue weighted by atomic mass is 32.1.